The zero-order valence-electron chi connectivity index (χ0n) is 9.03. The van der Waals surface area contributed by atoms with Crippen LogP contribution in [0, 0.1) is 0 Å². The lowest BCUT2D eigenvalue weighted by Crippen LogP contribution is -2.47. The van der Waals surface area contributed by atoms with Crippen LogP contribution in [0.3, 0.4) is 0 Å². The molecule has 16 heavy (non-hydrogen) atoms. The maximum atomic E-state index is 4.02. The van der Waals surface area contributed by atoms with Crippen LogP contribution in [-0.4, -0.2) is 33.0 Å². The molecule has 0 radical (unpaired) electrons. The molecule has 0 N–H and O–H groups in total. The Morgan fingerprint density at radius 3 is 2.69 bits per heavy atom. The fraction of sp³-hybridized carbons (Fsp3) is 0.333. The third-order valence-corrected chi connectivity index (χ3v) is 3.00. The third-order valence-electron chi connectivity index (χ3n) is 3.00. The Hall–Kier alpha value is -1.68. The lowest BCUT2D eigenvalue weighted by Gasteiger charge is -2.38. The Kier molecular flexibility index (Phi) is 2.42. The summed E-state index contributed by atoms with van der Waals surface area (Å²) >= 11 is 0. The van der Waals surface area contributed by atoms with Crippen LogP contribution < -0.4 is 0 Å². The number of hydrogen-bond acceptors (Lipinski definition) is 3. The molecule has 3 rings (SSSR count). The zero-order chi connectivity index (χ0) is 10.8. The van der Waals surface area contributed by atoms with Crippen LogP contribution in [0.4, 0.5) is 0 Å². The Morgan fingerprint density at radius 2 is 2.00 bits per heavy atom. The van der Waals surface area contributed by atoms with Gasteiger partial charge in [-0.25, -0.2) is 4.68 Å². The van der Waals surface area contributed by atoms with Crippen LogP contribution in [0.15, 0.2) is 42.7 Å². The van der Waals surface area contributed by atoms with E-state index in [0.717, 1.165) is 19.6 Å². The van der Waals surface area contributed by atoms with Gasteiger partial charge in [-0.3, -0.25) is 4.90 Å². The minimum atomic E-state index is 0.506. The number of nitrogens with zero attached hydrogens (tertiary/aromatic N) is 4. The minimum Gasteiger partial charge on any atom is -0.295 e. The number of aromatic nitrogens is 3. The van der Waals surface area contributed by atoms with Crippen molar-refractivity contribution < 1.29 is 0 Å². The van der Waals surface area contributed by atoms with Gasteiger partial charge in [0.05, 0.1) is 12.2 Å². The maximum absolute atomic E-state index is 4.02. The summed E-state index contributed by atoms with van der Waals surface area (Å²) in [7, 11) is 0. The second-order valence-corrected chi connectivity index (χ2v) is 4.22. The maximum Gasteiger partial charge on any atom is 0.0790 e. The van der Waals surface area contributed by atoms with E-state index in [2.05, 4.69) is 45.5 Å². The summed E-state index contributed by atoms with van der Waals surface area (Å²) in [5, 5.41) is 7.85. The Morgan fingerprint density at radius 1 is 1.19 bits per heavy atom. The van der Waals surface area contributed by atoms with Gasteiger partial charge in [-0.15, -0.1) is 5.10 Å². The molecule has 1 aliphatic heterocycles. The Bertz CT molecular complexity index is 431. The van der Waals surface area contributed by atoms with Crippen molar-refractivity contribution in [1.29, 1.82) is 0 Å². The molecule has 1 aromatic heterocycles. The molecule has 0 bridgehead atoms. The Balaban J connectivity index is 1.55. The molecular weight excluding hydrogens is 200 g/mol. The van der Waals surface area contributed by atoms with E-state index in [1.165, 1.54) is 5.56 Å². The highest BCUT2D eigenvalue weighted by Gasteiger charge is 2.28. The molecule has 0 atom stereocenters. The first-order valence-electron chi connectivity index (χ1n) is 5.54. The molecule has 0 aliphatic carbocycles. The van der Waals surface area contributed by atoms with Crippen molar-refractivity contribution in [2.45, 2.75) is 12.6 Å². The fourth-order valence-electron chi connectivity index (χ4n) is 2.09. The van der Waals surface area contributed by atoms with Crippen molar-refractivity contribution >= 4 is 0 Å². The van der Waals surface area contributed by atoms with Gasteiger partial charge < -0.3 is 0 Å². The molecule has 82 valence electrons. The SMILES string of the molecule is c1ccc(CN2CC(n3ccnn3)C2)cc1. The van der Waals surface area contributed by atoms with E-state index in [1.54, 1.807) is 6.20 Å². The van der Waals surface area contributed by atoms with E-state index in [9.17, 15) is 0 Å². The van der Waals surface area contributed by atoms with Gasteiger partial charge in [-0.1, -0.05) is 35.5 Å². The van der Waals surface area contributed by atoms with E-state index < -0.39 is 0 Å². The second-order valence-electron chi connectivity index (χ2n) is 4.22. The highest BCUT2D eigenvalue weighted by Crippen LogP contribution is 2.21. The molecule has 0 unspecified atom stereocenters. The number of hydrogen-bond donors (Lipinski definition) is 0. The molecule has 1 fully saturated rings. The van der Waals surface area contributed by atoms with Gasteiger partial charge >= 0.3 is 0 Å². The highest BCUT2D eigenvalue weighted by molar-refractivity contribution is 5.15. The van der Waals surface area contributed by atoms with Gasteiger partial charge in [-0.2, -0.15) is 0 Å². The lowest BCUT2D eigenvalue weighted by atomic mass is 10.1. The molecule has 1 saturated heterocycles. The summed E-state index contributed by atoms with van der Waals surface area (Å²) in [6.45, 7) is 3.17. The van der Waals surface area contributed by atoms with Crippen molar-refractivity contribution in [2.75, 3.05) is 13.1 Å². The van der Waals surface area contributed by atoms with Gasteiger partial charge in [0.2, 0.25) is 0 Å². The monoisotopic (exact) mass is 214 g/mol. The van der Waals surface area contributed by atoms with Crippen LogP contribution >= 0.6 is 0 Å². The summed E-state index contributed by atoms with van der Waals surface area (Å²) in [6.07, 6.45) is 3.67. The standard InChI is InChI=1S/C12H14N4/c1-2-4-11(5-3-1)8-15-9-12(10-15)16-7-6-13-14-16/h1-7,12H,8-10H2. The predicted octanol–water partition coefficient (Wildman–Crippen LogP) is 1.33. The molecule has 2 heterocycles. The quantitative estimate of drug-likeness (QED) is 0.773. The van der Waals surface area contributed by atoms with Gasteiger partial charge in [0.15, 0.2) is 0 Å². The van der Waals surface area contributed by atoms with E-state index in [0.29, 0.717) is 6.04 Å². The Labute approximate surface area is 94.5 Å². The third kappa shape index (κ3) is 1.84. The van der Waals surface area contributed by atoms with Crippen LogP contribution in [0.2, 0.25) is 0 Å². The smallest absolute Gasteiger partial charge is 0.0790 e. The van der Waals surface area contributed by atoms with Crippen molar-refractivity contribution in [3.8, 4) is 0 Å². The summed E-state index contributed by atoms with van der Waals surface area (Å²) in [5.41, 5.74) is 1.37. The van der Waals surface area contributed by atoms with Gasteiger partial charge in [-0.05, 0) is 5.56 Å². The van der Waals surface area contributed by atoms with Crippen LogP contribution in [-0.2, 0) is 6.54 Å². The minimum absolute atomic E-state index is 0.506. The number of likely N-dealkylation sites (tertiary alicyclic amines) is 1. The van der Waals surface area contributed by atoms with E-state index in [1.807, 2.05) is 10.9 Å². The summed E-state index contributed by atoms with van der Waals surface area (Å²) in [4.78, 5) is 2.42. The van der Waals surface area contributed by atoms with E-state index >= 15 is 0 Å². The zero-order valence-corrected chi connectivity index (χ0v) is 9.03. The van der Waals surface area contributed by atoms with Crippen molar-refractivity contribution in [1.82, 2.24) is 19.9 Å². The average Bonchev–Trinajstić information content (AvgIpc) is 2.77. The van der Waals surface area contributed by atoms with Crippen LogP contribution in [0.1, 0.15) is 11.6 Å². The first kappa shape index (κ1) is 9.54. The van der Waals surface area contributed by atoms with Gasteiger partial charge in [0.25, 0.3) is 0 Å². The van der Waals surface area contributed by atoms with Crippen LogP contribution in [0.5, 0.6) is 0 Å². The summed E-state index contributed by atoms with van der Waals surface area (Å²) in [5.74, 6) is 0. The van der Waals surface area contributed by atoms with E-state index in [-0.39, 0.29) is 0 Å². The van der Waals surface area contributed by atoms with Crippen LogP contribution in [0.25, 0.3) is 0 Å². The molecule has 4 nitrogen and oxygen atoms in total. The molecular formula is C12H14N4. The molecule has 1 aliphatic rings. The van der Waals surface area contributed by atoms with Crippen molar-refractivity contribution in [3.63, 3.8) is 0 Å². The topological polar surface area (TPSA) is 34.0 Å². The molecule has 0 amide bonds. The predicted molar refractivity (Wildman–Crippen MR) is 60.8 cm³/mol. The largest absolute Gasteiger partial charge is 0.295 e. The average molecular weight is 214 g/mol. The number of rotatable bonds is 3. The van der Waals surface area contributed by atoms with Gasteiger partial charge in [0.1, 0.15) is 0 Å². The molecule has 1 aromatic carbocycles. The lowest BCUT2D eigenvalue weighted by molar-refractivity contribution is 0.0896. The fourth-order valence-corrected chi connectivity index (χ4v) is 2.09. The molecule has 0 saturated carbocycles. The normalized spacial score (nSPS) is 17.2. The van der Waals surface area contributed by atoms with E-state index in [4.69, 9.17) is 0 Å². The second kappa shape index (κ2) is 4.06. The first-order chi connectivity index (χ1) is 7.92. The van der Waals surface area contributed by atoms with Crippen molar-refractivity contribution in [3.05, 3.63) is 48.3 Å². The summed E-state index contributed by atoms with van der Waals surface area (Å²) in [6, 6.07) is 11.1. The molecule has 4 heteroatoms. The highest BCUT2D eigenvalue weighted by atomic mass is 15.5. The summed E-state index contributed by atoms with van der Waals surface area (Å²) < 4.78 is 1.95. The number of benzene rings is 1. The van der Waals surface area contributed by atoms with Crippen molar-refractivity contribution in [2.24, 2.45) is 0 Å². The molecule has 2 aromatic rings. The molecule has 0 spiro atoms. The van der Waals surface area contributed by atoms with Gasteiger partial charge in [0, 0.05) is 25.8 Å². The first-order valence-corrected chi connectivity index (χ1v) is 5.54.